The van der Waals surface area contributed by atoms with E-state index in [4.69, 9.17) is 51.1 Å². The summed E-state index contributed by atoms with van der Waals surface area (Å²) in [5, 5.41) is 0.747. The Morgan fingerprint density at radius 3 is 2.50 bits per heavy atom. The molecule has 0 heterocycles. The highest BCUT2D eigenvalue weighted by Crippen LogP contribution is 2.53. The lowest BCUT2D eigenvalue weighted by atomic mass is 10.3. The Morgan fingerprint density at radius 2 is 2.00 bits per heavy atom. The molecule has 6 heteroatoms. The lowest BCUT2D eigenvalue weighted by Crippen LogP contribution is -2.14. The number of hydrogen-bond acceptors (Lipinski definition) is 2. The van der Waals surface area contributed by atoms with E-state index in [1.54, 1.807) is 6.07 Å². The van der Waals surface area contributed by atoms with Crippen LogP contribution in [0.15, 0.2) is 18.2 Å². The average molecular weight is 300 g/mol. The minimum absolute atomic E-state index is 0.257. The molecule has 0 aromatic heterocycles. The fourth-order valence-electron chi connectivity index (χ4n) is 1.21. The van der Waals surface area contributed by atoms with Crippen LogP contribution in [-0.2, 0) is 4.79 Å². The van der Waals surface area contributed by atoms with E-state index < -0.39 is 16.2 Å². The van der Waals surface area contributed by atoms with Gasteiger partial charge < -0.3 is 4.74 Å². The Bertz CT molecular complexity index is 444. The maximum atomic E-state index is 11.5. The van der Waals surface area contributed by atoms with Crippen LogP contribution in [0.4, 0.5) is 0 Å². The lowest BCUT2D eigenvalue weighted by molar-refractivity contribution is -0.135. The van der Waals surface area contributed by atoms with Crippen molar-refractivity contribution in [3.8, 4) is 5.75 Å². The largest absolute Gasteiger partial charge is 0.425 e. The normalized spacial score (nSPS) is 21.6. The van der Waals surface area contributed by atoms with Gasteiger partial charge in [-0.2, -0.15) is 0 Å². The molecular formula is C10H6Cl4O2. The van der Waals surface area contributed by atoms with Crippen LogP contribution in [-0.4, -0.2) is 10.3 Å². The van der Waals surface area contributed by atoms with Gasteiger partial charge in [0.25, 0.3) is 0 Å². The summed E-state index contributed by atoms with van der Waals surface area (Å²) in [4.78, 5) is 11.5. The fourth-order valence-corrected chi connectivity index (χ4v) is 2.14. The van der Waals surface area contributed by atoms with Crippen molar-refractivity contribution in [2.75, 3.05) is 0 Å². The molecule has 1 aliphatic carbocycles. The third-order valence-electron chi connectivity index (χ3n) is 2.21. The molecule has 0 amide bonds. The van der Waals surface area contributed by atoms with E-state index in [2.05, 4.69) is 0 Å². The Labute approximate surface area is 112 Å². The van der Waals surface area contributed by atoms with Crippen molar-refractivity contribution in [2.24, 2.45) is 5.92 Å². The molecule has 1 fully saturated rings. The van der Waals surface area contributed by atoms with Gasteiger partial charge in [0, 0.05) is 5.02 Å². The van der Waals surface area contributed by atoms with Gasteiger partial charge in [0.05, 0.1) is 10.9 Å². The molecular weight excluding hydrogens is 294 g/mol. The Kier molecular flexibility index (Phi) is 3.28. The Hall–Kier alpha value is -0.150. The zero-order valence-corrected chi connectivity index (χ0v) is 10.9. The Balaban J connectivity index is 2.07. The zero-order chi connectivity index (χ0) is 11.9. The third kappa shape index (κ3) is 2.57. The SMILES string of the molecule is O=C(Oc1ccc(Cl)cc1Cl)C1CC1(Cl)Cl. The molecule has 0 N–H and O–H groups in total. The van der Waals surface area contributed by atoms with E-state index in [0.29, 0.717) is 11.4 Å². The predicted octanol–water partition coefficient (Wildman–Crippen LogP) is 4.09. The number of alkyl halides is 2. The summed E-state index contributed by atoms with van der Waals surface area (Å²) in [7, 11) is 0. The molecule has 1 aromatic carbocycles. The smallest absolute Gasteiger partial charge is 0.317 e. The minimum Gasteiger partial charge on any atom is -0.425 e. The van der Waals surface area contributed by atoms with E-state index in [-0.39, 0.29) is 10.8 Å². The Morgan fingerprint density at radius 1 is 1.38 bits per heavy atom. The van der Waals surface area contributed by atoms with Gasteiger partial charge in [0.2, 0.25) is 0 Å². The van der Waals surface area contributed by atoms with Gasteiger partial charge in [-0.1, -0.05) is 23.2 Å². The number of ether oxygens (including phenoxy) is 1. The van der Waals surface area contributed by atoms with E-state index in [1.165, 1.54) is 12.1 Å². The van der Waals surface area contributed by atoms with E-state index in [9.17, 15) is 4.79 Å². The van der Waals surface area contributed by atoms with Gasteiger partial charge in [0.1, 0.15) is 10.1 Å². The first-order valence-corrected chi connectivity index (χ1v) is 5.96. The van der Waals surface area contributed by atoms with Crippen molar-refractivity contribution in [1.29, 1.82) is 0 Å². The van der Waals surface area contributed by atoms with Crippen LogP contribution in [0.2, 0.25) is 10.0 Å². The van der Waals surface area contributed by atoms with Crippen LogP contribution >= 0.6 is 46.4 Å². The van der Waals surface area contributed by atoms with Crippen molar-refractivity contribution >= 4 is 52.4 Å². The van der Waals surface area contributed by atoms with Crippen LogP contribution < -0.4 is 4.74 Å². The second kappa shape index (κ2) is 4.26. The van der Waals surface area contributed by atoms with Crippen molar-refractivity contribution < 1.29 is 9.53 Å². The van der Waals surface area contributed by atoms with Gasteiger partial charge in [-0.3, -0.25) is 4.79 Å². The molecule has 86 valence electrons. The van der Waals surface area contributed by atoms with Gasteiger partial charge in [-0.05, 0) is 24.6 Å². The van der Waals surface area contributed by atoms with Gasteiger partial charge in [0.15, 0.2) is 0 Å². The van der Waals surface area contributed by atoms with Crippen LogP contribution in [0.25, 0.3) is 0 Å². The highest BCUT2D eigenvalue weighted by Gasteiger charge is 2.57. The number of hydrogen-bond donors (Lipinski definition) is 0. The molecule has 16 heavy (non-hydrogen) atoms. The molecule has 1 saturated carbocycles. The summed E-state index contributed by atoms with van der Waals surface area (Å²) in [5.41, 5.74) is 0. The summed E-state index contributed by atoms with van der Waals surface area (Å²) in [6.07, 6.45) is 0.403. The fraction of sp³-hybridized carbons (Fsp3) is 0.300. The van der Waals surface area contributed by atoms with Crippen LogP contribution in [0.5, 0.6) is 5.75 Å². The second-order valence-corrected chi connectivity index (χ2v) is 5.90. The van der Waals surface area contributed by atoms with Crippen LogP contribution in [0, 0.1) is 5.92 Å². The first-order valence-electron chi connectivity index (χ1n) is 4.45. The number of esters is 1. The molecule has 0 spiro atoms. The molecule has 0 aliphatic heterocycles. The van der Waals surface area contributed by atoms with Crippen LogP contribution in [0.3, 0.4) is 0 Å². The van der Waals surface area contributed by atoms with E-state index >= 15 is 0 Å². The zero-order valence-electron chi connectivity index (χ0n) is 7.84. The standard InChI is InChI=1S/C10H6Cl4O2/c11-5-1-2-8(7(12)3-5)16-9(15)6-4-10(6,13)14/h1-3,6H,4H2. The van der Waals surface area contributed by atoms with Gasteiger partial charge in [-0.25, -0.2) is 0 Å². The highest BCUT2D eigenvalue weighted by molar-refractivity contribution is 6.52. The maximum Gasteiger partial charge on any atom is 0.317 e. The summed E-state index contributed by atoms with van der Waals surface area (Å²) in [6.45, 7) is 0. The van der Waals surface area contributed by atoms with Crippen molar-refractivity contribution in [2.45, 2.75) is 10.8 Å². The van der Waals surface area contributed by atoms with Gasteiger partial charge in [-0.15, -0.1) is 23.2 Å². The maximum absolute atomic E-state index is 11.5. The molecule has 1 aliphatic rings. The summed E-state index contributed by atoms with van der Waals surface area (Å²) in [5.74, 6) is -0.705. The van der Waals surface area contributed by atoms with E-state index in [0.717, 1.165) is 0 Å². The third-order valence-corrected chi connectivity index (χ3v) is 3.58. The number of carbonyl (C=O) groups excluding carboxylic acids is 1. The van der Waals surface area contributed by atoms with Crippen LogP contribution in [0.1, 0.15) is 6.42 Å². The summed E-state index contributed by atoms with van der Waals surface area (Å²) in [6, 6.07) is 4.60. The molecule has 1 unspecified atom stereocenters. The topological polar surface area (TPSA) is 26.3 Å². The quantitative estimate of drug-likeness (QED) is 0.467. The number of rotatable bonds is 2. The summed E-state index contributed by atoms with van der Waals surface area (Å²) >= 11 is 23.0. The van der Waals surface area contributed by atoms with Crippen molar-refractivity contribution in [3.63, 3.8) is 0 Å². The minimum atomic E-state index is -0.990. The molecule has 2 rings (SSSR count). The molecule has 1 atom stereocenters. The predicted molar refractivity (Wildman–Crippen MR) is 64.6 cm³/mol. The van der Waals surface area contributed by atoms with E-state index in [1.807, 2.05) is 0 Å². The first kappa shape index (κ1) is 12.3. The first-order chi connectivity index (χ1) is 7.40. The number of halogens is 4. The van der Waals surface area contributed by atoms with Crippen molar-refractivity contribution in [3.05, 3.63) is 28.2 Å². The number of benzene rings is 1. The lowest BCUT2D eigenvalue weighted by Gasteiger charge is -2.06. The van der Waals surface area contributed by atoms with Gasteiger partial charge >= 0.3 is 5.97 Å². The molecule has 0 bridgehead atoms. The molecule has 0 radical (unpaired) electrons. The molecule has 0 saturated heterocycles. The highest BCUT2D eigenvalue weighted by atomic mass is 35.5. The second-order valence-electron chi connectivity index (χ2n) is 3.51. The average Bonchev–Trinajstić information content (AvgIpc) is 2.80. The molecule has 1 aromatic rings. The molecule has 2 nitrogen and oxygen atoms in total. The number of carbonyl (C=O) groups is 1. The summed E-state index contributed by atoms with van der Waals surface area (Å²) < 4.78 is 4.07. The van der Waals surface area contributed by atoms with Crippen molar-refractivity contribution in [1.82, 2.24) is 0 Å². The monoisotopic (exact) mass is 298 g/mol.